The lowest BCUT2D eigenvalue weighted by Gasteiger charge is -2.21. The maximum atomic E-state index is 12.0. The van der Waals surface area contributed by atoms with E-state index in [1.165, 1.54) is 19.2 Å². The summed E-state index contributed by atoms with van der Waals surface area (Å²) in [6, 6.07) is 5.34. The molecule has 0 heterocycles. The van der Waals surface area contributed by atoms with Gasteiger partial charge in [0.05, 0.1) is 0 Å². The van der Waals surface area contributed by atoms with Gasteiger partial charge in [-0.25, -0.2) is 14.5 Å². The molecule has 0 saturated heterocycles. The van der Waals surface area contributed by atoms with Crippen LogP contribution in [0.15, 0.2) is 36.4 Å². The van der Waals surface area contributed by atoms with Crippen molar-refractivity contribution < 1.29 is 24.6 Å². The molecule has 0 saturated carbocycles. The number of phenolic OH excluding ortho intramolecular Hbond substituents is 1. The topological polar surface area (TPSA) is 122 Å². The molecule has 0 aromatic heterocycles. The van der Waals surface area contributed by atoms with E-state index in [1.807, 2.05) is 0 Å². The van der Waals surface area contributed by atoms with Gasteiger partial charge in [0.2, 0.25) is 0 Å². The molecule has 0 radical (unpaired) electrons. The standard InChI is InChI=1S/C15H15N3O5/c1-17(10-16)15(23)18(13(20)6-7-14(21)22)9-8-11-2-4-12(19)5-3-11/h2-7,19H,8-9H2,1H3,(H,21,22)/b7-6+. The molecule has 0 atom stereocenters. The summed E-state index contributed by atoms with van der Waals surface area (Å²) in [5, 5.41) is 26.5. The fraction of sp³-hybridized carbons (Fsp3) is 0.200. The highest BCUT2D eigenvalue weighted by Gasteiger charge is 2.23. The van der Waals surface area contributed by atoms with Crippen LogP contribution >= 0.6 is 0 Å². The van der Waals surface area contributed by atoms with Crippen molar-refractivity contribution in [2.45, 2.75) is 6.42 Å². The van der Waals surface area contributed by atoms with Gasteiger partial charge in [-0.05, 0) is 24.1 Å². The van der Waals surface area contributed by atoms with Gasteiger partial charge in [0.25, 0.3) is 5.91 Å². The number of carboxylic acids is 1. The number of aliphatic carboxylic acids is 1. The van der Waals surface area contributed by atoms with E-state index >= 15 is 0 Å². The summed E-state index contributed by atoms with van der Waals surface area (Å²) in [6.45, 7) is -0.0432. The van der Waals surface area contributed by atoms with Crippen LogP contribution in [-0.2, 0) is 16.0 Å². The molecule has 0 aliphatic heterocycles. The number of carbonyl (C=O) groups is 3. The van der Waals surface area contributed by atoms with Crippen LogP contribution in [0.25, 0.3) is 0 Å². The number of carboxylic acid groups (broad SMARTS) is 1. The fourth-order valence-corrected chi connectivity index (χ4v) is 1.66. The lowest BCUT2D eigenvalue weighted by Crippen LogP contribution is -2.43. The average molecular weight is 317 g/mol. The minimum absolute atomic E-state index is 0.0432. The van der Waals surface area contributed by atoms with Gasteiger partial charge in [-0.1, -0.05) is 12.1 Å². The Morgan fingerprint density at radius 2 is 1.83 bits per heavy atom. The Bertz CT molecular complexity index is 661. The first-order valence-electron chi connectivity index (χ1n) is 6.53. The predicted octanol–water partition coefficient (Wildman–Crippen LogP) is 0.937. The molecule has 1 rings (SSSR count). The summed E-state index contributed by atoms with van der Waals surface area (Å²) >= 11 is 0. The number of nitrogens with zero attached hydrogens (tertiary/aromatic N) is 3. The molecule has 2 N–H and O–H groups in total. The third kappa shape index (κ3) is 5.51. The van der Waals surface area contributed by atoms with Gasteiger partial charge in [0, 0.05) is 25.7 Å². The average Bonchev–Trinajstić information content (AvgIpc) is 2.53. The van der Waals surface area contributed by atoms with Crippen LogP contribution < -0.4 is 0 Å². The van der Waals surface area contributed by atoms with Crippen LogP contribution in [0, 0.1) is 11.5 Å². The molecular formula is C15H15N3O5. The van der Waals surface area contributed by atoms with Crippen molar-refractivity contribution in [1.29, 1.82) is 5.26 Å². The maximum absolute atomic E-state index is 12.0. The van der Waals surface area contributed by atoms with Crippen LogP contribution in [0.3, 0.4) is 0 Å². The minimum Gasteiger partial charge on any atom is -0.508 e. The molecule has 0 bridgehead atoms. The van der Waals surface area contributed by atoms with Gasteiger partial charge in [-0.15, -0.1) is 0 Å². The Labute approximate surface area is 132 Å². The molecule has 0 fully saturated rings. The van der Waals surface area contributed by atoms with E-state index in [1.54, 1.807) is 18.3 Å². The second-order valence-electron chi connectivity index (χ2n) is 4.52. The molecule has 1 aromatic carbocycles. The maximum Gasteiger partial charge on any atom is 0.339 e. The number of aromatic hydroxyl groups is 1. The van der Waals surface area contributed by atoms with Crippen molar-refractivity contribution >= 4 is 17.9 Å². The van der Waals surface area contributed by atoms with E-state index in [0.717, 1.165) is 16.5 Å². The molecular weight excluding hydrogens is 302 g/mol. The molecule has 1 aromatic rings. The number of hydrogen-bond acceptors (Lipinski definition) is 5. The van der Waals surface area contributed by atoms with Crippen LogP contribution in [-0.4, -0.2) is 51.5 Å². The molecule has 3 amide bonds. The number of amides is 3. The number of phenols is 1. The summed E-state index contributed by atoms with van der Waals surface area (Å²) < 4.78 is 0. The lowest BCUT2D eigenvalue weighted by molar-refractivity contribution is -0.132. The SMILES string of the molecule is CN(C#N)C(=O)N(CCc1ccc(O)cc1)C(=O)/C=C/C(=O)O. The molecule has 23 heavy (non-hydrogen) atoms. The lowest BCUT2D eigenvalue weighted by atomic mass is 10.1. The summed E-state index contributed by atoms with van der Waals surface area (Å²) in [4.78, 5) is 35.9. The molecule has 0 spiro atoms. The van der Waals surface area contributed by atoms with Gasteiger partial charge >= 0.3 is 12.0 Å². The van der Waals surface area contributed by atoms with Crippen molar-refractivity contribution in [3.8, 4) is 11.9 Å². The van der Waals surface area contributed by atoms with E-state index in [-0.39, 0.29) is 18.7 Å². The van der Waals surface area contributed by atoms with E-state index in [0.29, 0.717) is 11.0 Å². The van der Waals surface area contributed by atoms with Gasteiger partial charge in [0.15, 0.2) is 6.19 Å². The molecule has 8 heteroatoms. The highest BCUT2D eigenvalue weighted by atomic mass is 16.4. The Kier molecular flexibility index (Phi) is 6.30. The molecule has 0 aliphatic rings. The van der Waals surface area contributed by atoms with E-state index in [4.69, 9.17) is 10.4 Å². The predicted molar refractivity (Wildman–Crippen MR) is 79.1 cm³/mol. The van der Waals surface area contributed by atoms with Crippen LogP contribution in [0.2, 0.25) is 0 Å². The van der Waals surface area contributed by atoms with Crippen molar-refractivity contribution in [2.24, 2.45) is 0 Å². The van der Waals surface area contributed by atoms with E-state index in [9.17, 15) is 19.5 Å². The summed E-state index contributed by atoms with van der Waals surface area (Å²) in [5.74, 6) is -2.07. The monoisotopic (exact) mass is 317 g/mol. The van der Waals surface area contributed by atoms with Crippen LogP contribution in [0.1, 0.15) is 5.56 Å². The van der Waals surface area contributed by atoms with Crippen molar-refractivity contribution in [3.63, 3.8) is 0 Å². The first-order chi connectivity index (χ1) is 10.8. The third-order valence-corrected chi connectivity index (χ3v) is 2.86. The fourth-order valence-electron chi connectivity index (χ4n) is 1.66. The third-order valence-electron chi connectivity index (χ3n) is 2.86. The second-order valence-corrected chi connectivity index (χ2v) is 4.52. The van der Waals surface area contributed by atoms with Gasteiger partial charge < -0.3 is 10.2 Å². The summed E-state index contributed by atoms with van der Waals surface area (Å²) in [7, 11) is 1.20. The van der Waals surface area contributed by atoms with E-state index < -0.39 is 17.9 Å². The number of rotatable bonds is 5. The number of hydrogen-bond donors (Lipinski definition) is 2. The highest BCUT2D eigenvalue weighted by Crippen LogP contribution is 2.11. The Morgan fingerprint density at radius 3 is 2.35 bits per heavy atom. The zero-order valence-electron chi connectivity index (χ0n) is 12.3. The largest absolute Gasteiger partial charge is 0.508 e. The Morgan fingerprint density at radius 1 is 1.22 bits per heavy atom. The molecule has 0 aliphatic carbocycles. The Balaban J connectivity index is 2.88. The summed E-state index contributed by atoms with van der Waals surface area (Å²) in [5.41, 5.74) is 0.759. The van der Waals surface area contributed by atoms with Crippen LogP contribution in [0.4, 0.5) is 4.79 Å². The van der Waals surface area contributed by atoms with Crippen molar-refractivity contribution in [3.05, 3.63) is 42.0 Å². The van der Waals surface area contributed by atoms with Gasteiger partial charge in [-0.2, -0.15) is 5.26 Å². The van der Waals surface area contributed by atoms with Gasteiger partial charge in [0.1, 0.15) is 5.75 Å². The quantitative estimate of drug-likeness (QED) is 0.473. The van der Waals surface area contributed by atoms with Gasteiger partial charge in [-0.3, -0.25) is 9.69 Å². The molecule has 120 valence electrons. The Hall–Kier alpha value is -3.34. The van der Waals surface area contributed by atoms with Crippen LogP contribution in [0.5, 0.6) is 5.75 Å². The number of carbonyl (C=O) groups excluding carboxylic acids is 2. The minimum atomic E-state index is -1.32. The first kappa shape index (κ1) is 17.7. The zero-order chi connectivity index (χ0) is 17.4. The molecule has 8 nitrogen and oxygen atoms in total. The normalized spacial score (nSPS) is 10.1. The number of urea groups is 1. The highest BCUT2D eigenvalue weighted by molar-refractivity contribution is 6.02. The molecule has 0 unspecified atom stereocenters. The smallest absolute Gasteiger partial charge is 0.339 e. The second kappa shape index (κ2) is 8.19. The summed E-state index contributed by atoms with van der Waals surface area (Å²) in [6.07, 6.45) is 3.25. The zero-order valence-corrected chi connectivity index (χ0v) is 12.3. The number of benzene rings is 1. The number of nitriles is 1. The number of imide groups is 1. The van der Waals surface area contributed by atoms with Crippen molar-refractivity contribution in [1.82, 2.24) is 9.80 Å². The van der Waals surface area contributed by atoms with Crippen molar-refractivity contribution in [2.75, 3.05) is 13.6 Å². The van der Waals surface area contributed by atoms with E-state index in [2.05, 4.69) is 0 Å². The first-order valence-corrected chi connectivity index (χ1v) is 6.53.